The minimum atomic E-state index is -4.12. The Labute approximate surface area is 243 Å². The molecule has 0 amide bonds. The van der Waals surface area contributed by atoms with Crippen LogP contribution in [0.15, 0.2) is 92.4 Å². The van der Waals surface area contributed by atoms with E-state index in [0.29, 0.717) is 34.3 Å². The summed E-state index contributed by atoms with van der Waals surface area (Å²) in [5, 5.41) is 0.547. The Morgan fingerprint density at radius 3 is 2.29 bits per heavy atom. The van der Waals surface area contributed by atoms with E-state index in [9.17, 15) is 22.8 Å². The lowest BCUT2D eigenvalue weighted by molar-refractivity contribution is -0.118. The molecule has 1 aliphatic carbocycles. The number of Topliss-reactive ketones (excluding diaryl/α,β-unsaturated/α-hetero) is 1. The van der Waals surface area contributed by atoms with E-state index in [2.05, 4.69) is 4.72 Å². The van der Waals surface area contributed by atoms with Crippen molar-refractivity contribution in [2.24, 2.45) is 5.41 Å². The minimum Gasteiger partial charge on any atom is -0.495 e. The predicted molar refractivity (Wildman–Crippen MR) is 161 cm³/mol. The van der Waals surface area contributed by atoms with E-state index in [-0.39, 0.29) is 45.7 Å². The van der Waals surface area contributed by atoms with Crippen LogP contribution < -0.4 is 20.6 Å². The lowest BCUT2D eigenvalue weighted by atomic mass is 9.71. The summed E-state index contributed by atoms with van der Waals surface area (Å²) in [5.74, 6) is 0.251. The van der Waals surface area contributed by atoms with Crippen LogP contribution in [0.4, 0.5) is 5.69 Å². The second-order valence-electron chi connectivity index (χ2n) is 11.7. The van der Waals surface area contributed by atoms with E-state index in [0.717, 1.165) is 5.57 Å². The molecule has 216 valence electrons. The summed E-state index contributed by atoms with van der Waals surface area (Å²) < 4.78 is 38.1. The number of rotatable bonds is 5. The first kappa shape index (κ1) is 27.7. The van der Waals surface area contributed by atoms with Gasteiger partial charge < -0.3 is 4.74 Å². The van der Waals surface area contributed by atoms with Gasteiger partial charge in [-0.3, -0.25) is 19.1 Å². The van der Waals surface area contributed by atoms with Gasteiger partial charge in [-0.25, -0.2) is 17.8 Å². The molecule has 4 aromatic rings. The van der Waals surface area contributed by atoms with Gasteiger partial charge in [0.05, 0.1) is 35.0 Å². The average Bonchev–Trinajstić information content (AvgIpc) is 2.94. The number of para-hydroxylation sites is 2. The fourth-order valence-electron chi connectivity index (χ4n) is 6.30. The average molecular weight is 586 g/mol. The number of carbonyl (C=O) groups excluding carboxylic acids is 1. The number of carbonyl (C=O) groups is 1. The molecule has 0 spiro atoms. The van der Waals surface area contributed by atoms with E-state index in [1.807, 2.05) is 13.8 Å². The number of hydrogen-bond donors (Lipinski definition) is 1. The Morgan fingerprint density at radius 2 is 1.57 bits per heavy atom. The number of anilines is 1. The van der Waals surface area contributed by atoms with E-state index < -0.39 is 21.6 Å². The van der Waals surface area contributed by atoms with E-state index in [1.165, 1.54) is 22.5 Å². The molecule has 2 heterocycles. The Hall–Kier alpha value is -4.44. The lowest BCUT2D eigenvalue weighted by Gasteiger charge is -2.40. The van der Waals surface area contributed by atoms with E-state index in [4.69, 9.17) is 4.74 Å². The van der Waals surface area contributed by atoms with Crippen LogP contribution >= 0.6 is 0 Å². The predicted octanol–water partition coefficient (Wildman–Crippen LogP) is 4.57. The van der Waals surface area contributed by atoms with Gasteiger partial charge in [0.1, 0.15) is 11.8 Å². The van der Waals surface area contributed by atoms with Gasteiger partial charge in [0.15, 0.2) is 5.78 Å². The molecule has 1 aromatic heterocycles. The number of benzene rings is 3. The molecule has 3 aromatic carbocycles. The number of sulfonamides is 1. The molecule has 0 fully saturated rings. The maximum Gasteiger partial charge on any atom is 0.274 e. The van der Waals surface area contributed by atoms with Crippen molar-refractivity contribution in [3.8, 4) is 5.75 Å². The summed E-state index contributed by atoms with van der Waals surface area (Å²) in [6.07, 6.45) is 0.853. The first-order valence-corrected chi connectivity index (χ1v) is 15.2. The van der Waals surface area contributed by atoms with Gasteiger partial charge in [0.25, 0.3) is 21.1 Å². The van der Waals surface area contributed by atoms with Crippen LogP contribution in [0.2, 0.25) is 0 Å². The highest BCUT2D eigenvalue weighted by Gasteiger charge is 2.42. The fourth-order valence-corrected chi connectivity index (χ4v) is 7.65. The van der Waals surface area contributed by atoms with Crippen molar-refractivity contribution in [1.29, 1.82) is 0 Å². The maximum atomic E-state index is 14.0. The summed E-state index contributed by atoms with van der Waals surface area (Å²) >= 11 is 0. The molecular weight excluding hydrogens is 554 g/mol. The van der Waals surface area contributed by atoms with E-state index in [1.54, 1.807) is 67.6 Å². The summed E-state index contributed by atoms with van der Waals surface area (Å²) in [7, 11) is -2.66. The molecule has 0 saturated heterocycles. The molecule has 1 unspecified atom stereocenters. The Balaban J connectivity index is 1.59. The topological polar surface area (TPSA) is 116 Å². The zero-order valence-electron chi connectivity index (χ0n) is 23.8. The van der Waals surface area contributed by atoms with Gasteiger partial charge in [0, 0.05) is 12.0 Å². The second kappa shape index (κ2) is 9.84. The minimum absolute atomic E-state index is 0.00930. The second-order valence-corrected chi connectivity index (χ2v) is 13.4. The Bertz CT molecular complexity index is 2050. The molecule has 2 aliphatic rings. The zero-order valence-corrected chi connectivity index (χ0v) is 24.6. The van der Waals surface area contributed by atoms with Crippen molar-refractivity contribution in [2.75, 3.05) is 11.8 Å². The third-order valence-electron chi connectivity index (χ3n) is 8.13. The summed E-state index contributed by atoms with van der Waals surface area (Å²) in [5.41, 5.74) is 1.34. The van der Waals surface area contributed by atoms with Gasteiger partial charge in [0.2, 0.25) is 0 Å². The van der Waals surface area contributed by atoms with Crippen molar-refractivity contribution in [1.82, 2.24) is 9.36 Å². The number of methoxy groups -OCH3 is 1. The number of aryl methyl sites for hydroxylation is 1. The smallest absolute Gasteiger partial charge is 0.274 e. The number of ketones is 1. The van der Waals surface area contributed by atoms with Crippen LogP contribution in [0.5, 0.6) is 5.75 Å². The van der Waals surface area contributed by atoms with Gasteiger partial charge >= 0.3 is 0 Å². The van der Waals surface area contributed by atoms with Crippen LogP contribution in [-0.2, 0) is 21.4 Å². The summed E-state index contributed by atoms with van der Waals surface area (Å²) in [6, 6.07) is 17.2. The third kappa shape index (κ3) is 4.46. The first-order chi connectivity index (χ1) is 19.9. The highest BCUT2D eigenvalue weighted by molar-refractivity contribution is 7.92. The maximum absolute atomic E-state index is 14.0. The van der Waals surface area contributed by atoms with Gasteiger partial charge in [-0.05, 0) is 65.8 Å². The molecule has 0 saturated carbocycles. The molecule has 1 aliphatic heterocycles. The monoisotopic (exact) mass is 585 g/mol. The molecule has 1 atom stereocenters. The van der Waals surface area contributed by atoms with Gasteiger partial charge in [-0.1, -0.05) is 50.2 Å². The standard InChI is InChI=1S/C32H31N3O6S/c1-19-13-14-20(15-27(19)42(39,40)33-24-11-7-8-12-26(24)41-4)29-28-21(16-32(2,3)17-25(28)36)18-34-30(37)22-9-5-6-10-23(22)31(38)35(29)34/h5-15,29,33H,16-18H2,1-4H3. The summed E-state index contributed by atoms with van der Waals surface area (Å²) in [4.78, 5) is 41.5. The largest absolute Gasteiger partial charge is 0.495 e. The number of aromatic nitrogens is 2. The highest BCUT2D eigenvalue weighted by Crippen LogP contribution is 2.44. The molecule has 42 heavy (non-hydrogen) atoms. The van der Waals surface area contributed by atoms with E-state index >= 15 is 0 Å². The molecule has 1 N–H and O–H groups in total. The number of hydrogen-bond acceptors (Lipinski definition) is 6. The Morgan fingerprint density at radius 1 is 0.905 bits per heavy atom. The fraction of sp³-hybridized carbons (Fsp3) is 0.281. The number of nitrogens with one attached hydrogen (secondary N) is 1. The van der Waals surface area contributed by atoms with Crippen LogP contribution in [0.1, 0.15) is 43.9 Å². The Kier molecular flexibility index (Phi) is 6.49. The number of ether oxygens (including phenoxy) is 1. The van der Waals surface area contributed by atoms with Crippen LogP contribution in [0.25, 0.3) is 10.8 Å². The normalized spacial score (nSPS) is 18.0. The quantitative estimate of drug-likeness (QED) is 0.367. The van der Waals surface area contributed by atoms with Crippen molar-refractivity contribution in [2.45, 2.75) is 51.1 Å². The van der Waals surface area contributed by atoms with Gasteiger partial charge in [-0.2, -0.15) is 0 Å². The number of nitrogens with zero attached hydrogens (tertiary/aromatic N) is 2. The zero-order chi connectivity index (χ0) is 30.0. The molecule has 0 bridgehead atoms. The highest BCUT2D eigenvalue weighted by atomic mass is 32.2. The SMILES string of the molecule is COc1ccccc1NS(=O)(=O)c1cc(C2C3=C(Cn4c(=O)c5ccccc5c(=O)n42)CC(C)(C)CC3=O)ccc1C. The number of fused-ring (bicyclic) bond motifs is 2. The molecular formula is C32H31N3O6S. The first-order valence-electron chi connectivity index (χ1n) is 13.7. The van der Waals surface area contributed by atoms with Crippen molar-refractivity contribution < 1.29 is 17.9 Å². The molecule has 9 nitrogen and oxygen atoms in total. The van der Waals surface area contributed by atoms with Crippen LogP contribution in [-0.4, -0.2) is 30.7 Å². The molecule has 10 heteroatoms. The van der Waals surface area contributed by atoms with Gasteiger partial charge in [-0.15, -0.1) is 0 Å². The van der Waals surface area contributed by atoms with Crippen LogP contribution in [0, 0.1) is 12.3 Å². The van der Waals surface area contributed by atoms with Crippen molar-refractivity contribution >= 4 is 32.3 Å². The third-order valence-corrected chi connectivity index (χ3v) is 9.64. The summed E-state index contributed by atoms with van der Waals surface area (Å²) in [6.45, 7) is 5.81. The van der Waals surface area contributed by atoms with Crippen LogP contribution in [0.3, 0.4) is 0 Å². The molecule has 6 rings (SSSR count). The van der Waals surface area contributed by atoms with Crippen molar-refractivity contribution in [3.05, 3.63) is 110 Å². The van der Waals surface area contributed by atoms with Crippen molar-refractivity contribution in [3.63, 3.8) is 0 Å². The number of allylic oxidation sites excluding steroid dienone is 2. The molecule has 0 radical (unpaired) electrons. The lowest BCUT2D eigenvalue weighted by Crippen LogP contribution is -2.48.